The van der Waals surface area contributed by atoms with Crippen molar-refractivity contribution < 1.29 is 14.3 Å². The summed E-state index contributed by atoms with van der Waals surface area (Å²) in [5.74, 6) is 0.948. The average Bonchev–Trinajstić information content (AvgIpc) is 2.80. The Morgan fingerprint density at radius 3 is 2.42 bits per heavy atom. The van der Waals surface area contributed by atoms with Gasteiger partial charge in [0.1, 0.15) is 11.5 Å². The molecule has 1 aromatic heterocycles. The fraction of sp³-hybridized carbons (Fsp3) is 0.154. The molecule has 0 atom stereocenters. The molecule has 3 aromatic carbocycles. The first-order valence-electron chi connectivity index (χ1n) is 10.0. The van der Waals surface area contributed by atoms with E-state index in [4.69, 9.17) is 14.5 Å². The monoisotopic (exact) mass is 412 g/mol. The van der Waals surface area contributed by atoms with Crippen molar-refractivity contribution in [1.82, 2.24) is 4.98 Å². The zero-order chi connectivity index (χ0) is 22.0. The Morgan fingerprint density at radius 1 is 0.871 bits per heavy atom. The summed E-state index contributed by atoms with van der Waals surface area (Å²) in [6, 6.07) is 21.0. The number of rotatable bonds is 5. The van der Waals surface area contributed by atoms with Crippen LogP contribution in [-0.2, 0) is 0 Å². The van der Waals surface area contributed by atoms with Crippen LogP contribution in [-0.4, -0.2) is 25.1 Å². The Kier molecular flexibility index (Phi) is 5.58. The van der Waals surface area contributed by atoms with Crippen molar-refractivity contribution in [2.75, 3.05) is 19.5 Å². The lowest BCUT2D eigenvalue weighted by molar-refractivity contribution is 0.102. The predicted octanol–water partition coefficient (Wildman–Crippen LogP) is 5.79. The summed E-state index contributed by atoms with van der Waals surface area (Å²) in [6.07, 6.45) is 0. The van der Waals surface area contributed by atoms with E-state index in [1.54, 1.807) is 32.4 Å². The van der Waals surface area contributed by atoms with Crippen LogP contribution in [0.1, 0.15) is 21.5 Å². The molecule has 0 aliphatic carbocycles. The molecule has 1 N–H and O–H groups in total. The lowest BCUT2D eigenvalue weighted by atomic mass is 10.0. The van der Waals surface area contributed by atoms with Crippen molar-refractivity contribution in [3.8, 4) is 22.8 Å². The standard InChI is InChI=1S/C26H24N2O3/c1-16-9-10-18(13-17(16)2)23-15-21(20-7-5-6-8-22(20)27-23)26(29)28-24-14-19(30-3)11-12-25(24)31-4/h5-15H,1-4H3,(H,28,29). The molecule has 1 heterocycles. The highest BCUT2D eigenvalue weighted by Gasteiger charge is 2.16. The van der Waals surface area contributed by atoms with Gasteiger partial charge in [-0.15, -0.1) is 0 Å². The number of amides is 1. The maximum absolute atomic E-state index is 13.4. The number of para-hydroxylation sites is 1. The van der Waals surface area contributed by atoms with Crippen LogP contribution in [0.2, 0.25) is 0 Å². The van der Waals surface area contributed by atoms with Crippen molar-refractivity contribution in [3.63, 3.8) is 0 Å². The second kappa shape index (κ2) is 8.48. The summed E-state index contributed by atoms with van der Waals surface area (Å²) in [5, 5.41) is 3.76. The maximum Gasteiger partial charge on any atom is 0.256 e. The van der Waals surface area contributed by atoms with Crippen LogP contribution in [0.3, 0.4) is 0 Å². The van der Waals surface area contributed by atoms with Crippen LogP contribution in [0, 0.1) is 13.8 Å². The van der Waals surface area contributed by atoms with E-state index in [-0.39, 0.29) is 5.91 Å². The number of ether oxygens (including phenoxy) is 2. The molecule has 0 saturated carbocycles. The summed E-state index contributed by atoms with van der Waals surface area (Å²) in [4.78, 5) is 18.2. The van der Waals surface area contributed by atoms with E-state index in [0.29, 0.717) is 22.7 Å². The number of nitrogens with one attached hydrogen (secondary N) is 1. The van der Waals surface area contributed by atoms with Crippen LogP contribution in [0.4, 0.5) is 5.69 Å². The molecule has 1 amide bonds. The molecule has 0 saturated heterocycles. The number of pyridine rings is 1. The number of hydrogen-bond acceptors (Lipinski definition) is 4. The van der Waals surface area contributed by atoms with E-state index >= 15 is 0 Å². The lowest BCUT2D eigenvalue weighted by Gasteiger charge is -2.14. The Labute approximate surface area is 181 Å². The Bertz CT molecular complexity index is 1280. The normalized spacial score (nSPS) is 10.7. The van der Waals surface area contributed by atoms with Gasteiger partial charge in [-0.2, -0.15) is 0 Å². The third-order valence-electron chi connectivity index (χ3n) is 5.42. The molecule has 4 rings (SSSR count). The Balaban J connectivity index is 1.81. The molecule has 0 unspecified atom stereocenters. The second-order valence-corrected chi connectivity index (χ2v) is 7.39. The van der Waals surface area contributed by atoms with Gasteiger partial charge in [-0.3, -0.25) is 4.79 Å². The number of methoxy groups -OCH3 is 2. The molecule has 0 fully saturated rings. The molecule has 0 bridgehead atoms. The second-order valence-electron chi connectivity index (χ2n) is 7.39. The zero-order valence-electron chi connectivity index (χ0n) is 18.0. The number of hydrogen-bond donors (Lipinski definition) is 1. The molecular weight excluding hydrogens is 388 g/mol. The molecular formula is C26H24N2O3. The first-order valence-corrected chi connectivity index (χ1v) is 10.0. The summed E-state index contributed by atoms with van der Waals surface area (Å²) in [6.45, 7) is 4.15. The summed E-state index contributed by atoms with van der Waals surface area (Å²) in [5.41, 5.74) is 5.98. The van der Waals surface area contributed by atoms with E-state index in [0.717, 1.165) is 22.2 Å². The number of nitrogens with zero attached hydrogens (tertiary/aromatic N) is 1. The Morgan fingerprint density at radius 2 is 1.68 bits per heavy atom. The SMILES string of the molecule is COc1ccc(OC)c(NC(=O)c2cc(-c3ccc(C)c(C)c3)nc3ccccc23)c1. The van der Waals surface area contributed by atoms with Crippen molar-refractivity contribution in [1.29, 1.82) is 0 Å². The predicted molar refractivity (Wildman–Crippen MR) is 124 cm³/mol. The fourth-order valence-electron chi connectivity index (χ4n) is 3.51. The first-order chi connectivity index (χ1) is 15.0. The van der Waals surface area contributed by atoms with Crippen molar-refractivity contribution in [2.24, 2.45) is 0 Å². The summed E-state index contributed by atoms with van der Waals surface area (Å²) >= 11 is 0. The fourth-order valence-corrected chi connectivity index (χ4v) is 3.51. The molecule has 0 spiro atoms. The third-order valence-corrected chi connectivity index (χ3v) is 5.42. The van der Waals surface area contributed by atoms with Crippen molar-refractivity contribution in [3.05, 3.63) is 83.4 Å². The highest BCUT2D eigenvalue weighted by Crippen LogP contribution is 2.31. The number of aromatic nitrogens is 1. The molecule has 5 nitrogen and oxygen atoms in total. The molecule has 31 heavy (non-hydrogen) atoms. The van der Waals surface area contributed by atoms with Gasteiger partial charge in [0, 0.05) is 17.0 Å². The van der Waals surface area contributed by atoms with Gasteiger partial charge in [0.15, 0.2) is 0 Å². The van der Waals surface area contributed by atoms with Crippen LogP contribution in [0.5, 0.6) is 11.5 Å². The van der Waals surface area contributed by atoms with Crippen molar-refractivity contribution >= 4 is 22.5 Å². The topological polar surface area (TPSA) is 60.5 Å². The molecule has 156 valence electrons. The number of aryl methyl sites for hydroxylation is 2. The van der Waals surface area contributed by atoms with E-state index in [2.05, 4.69) is 31.3 Å². The van der Waals surface area contributed by atoms with Gasteiger partial charge in [-0.25, -0.2) is 4.98 Å². The lowest BCUT2D eigenvalue weighted by Crippen LogP contribution is -2.14. The minimum Gasteiger partial charge on any atom is -0.497 e. The number of benzene rings is 3. The highest BCUT2D eigenvalue weighted by atomic mass is 16.5. The zero-order valence-corrected chi connectivity index (χ0v) is 18.0. The minimum atomic E-state index is -0.241. The molecule has 5 heteroatoms. The van der Waals surface area contributed by atoms with Gasteiger partial charge in [0.05, 0.1) is 36.7 Å². The third kappa shape index (κ3) is 4.08. The minimum absolute atomic E-state index is 0.241. The number of anilines is 1. The molecule has 4 aromatic rings. The summed E-state index contributed by atoms with van der Waals surface area (Å²) in [7, 11) is 3.15. The first kappa shape index (κ1) is 20.4. The van der Waals surface area contributed by atoms with Gasteiger partial charge < -0.3 is 14.8 Å². The van der Waals surface area contributed by atoms with Crippen LogP contribution in [0.25, 0.3) is 22.2 Å². The van der Waals surface area contributed by atoms with E-state index in [1.807, 2.05) is 36.4 Å². The van der Waals surface area contributed by atoms with Crippen LogP contribution >= 0.6 is 0 Å². The van der Waals surface area contributed by atoms with Gasteiger partial charge in [-0.05, 0) is 55.3 Å². The largest absolute Gasteiger partial charge is 0.497 e. The molecule has 0 radical (unpaired) electrons. The quantitative estimate of drug-likeness (QED) is 0.451. The molecule has 0 aliphatic heterocycles. The van der Waals surface area contributed by atoms with E-state index in [9.17, 15) is 4.79 Å². The van der Waals surface area contributed by atoms with Gasteiger partial charge in [0.2, 0.25) is 0 Å². The summed E-state index contributed by atoms with van der Waals surface area (Å²) < 4.78 is 10.7. The van der Waals surface area contributed by atoms with E-state index < -0.39 is 0 Å². The van der Waals surface area contributed by atoms with Gasteiger partial charge in [-0.1, -0.05) is 30.3 Å². The van der Waals surface area contributed by atoms with Crippen LogP contribution in [0.15, 0.2) is 66.7 Å². The number of carbonyl (C=O) groups excluding carboxylic acids is 1. The van der Waals surface area contributed by atoms with E-state index in [1.165, 1.54) is 11.1 Å². The average molecular weight is 412 g/mol. The van der Waals surface area contributed by atoms with Crippen LogP contribution < -0.4 is 14.8 Å². The van der Waals surface area contributed by atoms with Gasteiger partial charge in [0.25, 0.3) is 5.91 Å². The number of fused-ring (bicyclic) bond motifs is 1. The smallest absolute Gasteiger partial charge is 0.256 e. The molecule has 0 aliphatic rings. The maximum atomic E-state index is 13.4. The van der Waals surface area contributed by atoms with Crippen molar-refractivity contribution in [2.45, 2.75) is 13.8 Å². The Hall–Kier alpha value is -3.86. The van der Waals surface area contributed by atoms with Gasteiger partial charge >= 0.3 is 0 Å². The highest BCUT2D eigenvalue weighted by molar-refractivity contribution is 6.13. The number of carbonyl (C=O) groups is 1.